The first-order valence-electron chi connectivity index (χ1n) is 4.39. The largest absolute Gasteiger partial charge is 0.478 e. The number of hydrogen-bond donors (Lipinski definition) is 1. The number of nitrogens with zero attached hydrogens (tertiary/aromatic N) is 1. The van der Waals surface area contributed by atoms with Crippen LogP contribution in [-0.4, -0.2) is 18.1 Å². The third kappa shape index (κ3) is 3.79. The molecular weight excluding hydrogens is 244 g/mol. The number of nitrogens with one attached hydrogen (secondary N) is 1. The quantitative estimate of drug-likeness (QED) is 0.880. The fourth-order valence-corrected chi connectivity index (χ4v) is 1.07. The molecule has 76 valence electrons. The predicted octanol–water partition coefficient (Wildman–Crippen LogP) is 2.80. The van der Waals surface area contributed by atoms with Crippen LogP contribution >= 0.6 is 15.9 Å². The lowest BCUT2D eigenvalue weighted by Gasteiger charge is -2.06. The summed E-state index contributed by atoms with van der Waals surface area (Å²) in [6, 6.07) is 5.62. The molecule has 0 aromatic carbocycles. The minimum atomic E-state index is 0.627. The van der Waals surface area contributed by atoms with Crippen LogP contribution in [0, 0.1) is 0 Å². The minimum absolute atomic E-state index is 0.627. The van der Waals surface area contributed by atoms with Crippen molar-refractivity contribution in [2.45, 2.75) is 6.92 Å². The molecule has 14 heavy (non-hydrogen) atoms. The normalized spacial score (nSPS) is 9.57. The van der Waals surface area contributed by atoms with E-state index in [1.54, 1.807) is 0 Å². The van der Waals surface area contributed by atoms with Gasteiger partial charge in [0.15, 0.2) is 0 Å². The average Bonchev–Trinajstić information content (AvgIpc) is 2.16. The minimum Gasteiger partial charge on any atom is -0.478 e. The van der Waals surface area contributed by atoms with Crippen LogP contribution in [0.4, 0.5) is 5.82 Å². The third-order valence-corrected chi connectivity index (χ3v) is 1.76. The summed E-state index contributed by atoms with van der Waals surface area (Å²) in [6.45, 7) is 6.94. The van der Waals surface area contributed by atoms with Crippen molar-refractivity contribution < 1.29 is 4.74 Å². The molecule has 0 fully saturated rings. The Morgan fingerprint density at radius 3 is 3.07 bits per heavy atom. The second kappa shape index (κ2) is 5.65. The second-order valence-electron chi connectivity index (χ2n) is 2.66. The van der Waals surface area contributed by atoms with Crippen LogP contribution in [0.3, 0.4) is 0 Å². The summed E-state index contributed by atoms with van der Waals surface area (Å²) in [5.74, 6) is 1.43. The van der Waals surface area contributed by atoms with Crippen molar-refractivity contribution in [1.82, 2.24) is 4.98 Å². The van der Waals surface area contributed by atoms with Gasteiger partial charge in [0.2, 0.25) is 5.88 Å². The van der Waals surface area contributed by atoms with Crippen LogP contribution < -0.4 is 10.1 Å². The standard InChI is InChI=1S/C10H13BrN2O/c1-3-14-10-6-4-5-9(13-10)12-7-8(2)11/h4-6H,2-3,7H2,1H3,(H,12,13). The summed E-state index contributed by atoms with van der Waals surface area (Å²) in [5.41, 5.74) is 0. The Morgan fingerprint density at radius 1 is 1.64 bits per heavy atom. The topological polar surface area (TPSA) is 34.1 Å². The highest BCUT2D eigenvalue weighted by molar-refractivity contribution is 9.11. The maximum Gasteiger partial charge on any atom is 0.215 e. The first kappa shape index (κ1) is 11.0. The smallest absolute Gasteiger partial charge is 0.215 e. The average molecular weight is 257 g/mol. The van der Waals surface area contributed by atoms with E-state index in [1.165, 1.54) is 0 Å². The maximum atomic E-state index is 5.27. The molecule has 0 radical (unpaired) electrons. The Labute approximate surface area is 92.3 Å². The van der Waals surface area contributed by atoms with Gasteiger partial charge in [0.25, 0.3) is 0 Å². The first-order chi connectivity index (χ1) is 6.72. The molecule has 0 aliphatic rings. The van der Waals surface area contributed by atoms with Gasteiger partial charge in [0.1, 0.15) is 5.82 Å². The molecule has 1 aromatic heterocycles. The summed E-state index contributed by atoms with van der Waals surface area (Å²) in [4.78, 5) is 4.24. The maximum absolute atomic E-state index is 5.27. The molecule has 0 saturated heterocycles. The van der Waals surface area contributed by atoms with Crippen molar-refractivity contribution >= 4 is 21.7 Å². The zero-order valence-electron chi connectivity index (χ0n) is 8.09. The van der Waals surface area contributed by atoms with Crippen LogP contribution in [0.2, 0.25) is 0 Å². The lowest BCUT2D eigenvalue weighted by Crippen LogP contribution is -2.03. The Morgan fingerprint density at radius 2 is 2.43 bits per heavy atom. The monoisotopic (exact) mass is 256 g/mol. The summed E-state index contributed by atoms with van der Waals surface area (Å²) < 4.78 is 6.16. The van der Waals surface area contributed by atoms with Crippen LogP contribution in [0.25, 0.3) is 0 Å². The van der Waals surface area contributed by atoms with E-state index in [0.29, 0.717) is 19.0 Å². The number of ether oxygens (including phenoxy) is 1. The highest BCUT2D eigenvalue weighted by Crippen LogP contribution is 2.12. The second-order valence-corrected chi connectivity index (χ2v) is 3.79. The number of anilines is 1. The number of aromatic nitrogens is 1. The van der Waals surface area contributed by atoms with Crippen molar-refractivity contribution in [3.8, 4) is 5.88 Å². The molecule has 1 N–H and O–H groups in total. The van der Waals surface area contributed by atoms with Crippen molar-refractivity contribution in [2.75, 3.05) is 18.5 Å². The summed E-state index contributed by atoms with van der Waals surface area (Å²) in [6.07, 6.45) is 0. The molecule has 0 saturated carbocycles. The zero-order valence-corrected chi connectivity index (χ0v) is 9.67. The van der Waals surface area contributed by atoms with E-state index in [0.717, 1.165) is 10.3 Å². The van der Waals surface area contributed by atoms with E-state index >= 15 is 0 Å². The van der Waals surface area contributed by atoms with Gasteiger partial charge in [-0.05, 0) is 13.0 Å². The third-order valence-electron chi connectivity index (χ3n) is 1.48. The van der Waals surface area contributed by atoms with Crippen molar-refractivity contribution in [1.29, 1.82) is 0 Å². The van der Waals surface area contributed by atoms with Crippen LogP contribution in [0.15, 0.2) is 29.3 Å². The number of hydrogen-bond acceptors (Lipinski definition) is 3. The SMILES string of the molecule is C=C(Br)CNc1cccc(OCC)n1. The van der Waals surface area contributed by atoms with Gasteiger partial charge in [-0.15, -0.1) is 0 Å². The molecule has 0 atom stereocenters. The number of pyridine rings is 1. The molecule has 3 nitrogen and oxygen atoms in total. The summed E-state index contributed by atoms with van der Waals surface area (Å²) in [5, 5.41) is 3.11. The lowest BCUT2D eigenvalue weighted by atomic mass is 10.4. The molecule has 0 bridgehead atoms. The van der Waals surface area contributed by atoms with Crippen molar-refractivity contribution in [3.05, 3.63) is 29.3 Å². The zero-order chi connectivity index (χ0) is 10.4. The van der Waals surface area contributed by atoms with E-state index in [9.17, 15) is 0 Å². The fraction of sp³-hybridized carbons (Fsp3) is 0.300. The van der Waals surface area contributed by atoms with E-state index in [2.05, 4.69) is 32.8 Å². The Balaban J connectivity index is 2.58. The van der Waals surface area contributed by atoms with Gasteiger partial charge in [-0.1, -0.05) is 28.6 Å². The van der Waals surface area contributed by atoms with E-state index in [4.69, 9.17) is 4.74 Å². The van der Waals surface area contributed by atoms with Crippen molar-refractivity contribution in [3.63, 3.8) is 0 Å². The molecule has 0 aliphatic carbocycles. The molecule has 0 aliphatic heterocycles. The molecular formula is C10H13BrN2O. The van der Waals surface area contributed by atoms with Gasteiger partial charge in [-0.3, -0.25) is 0 Å². The van der Waals surface area contributed by atoms with Crippen LogP contribution in [0.1, 0.15) is 6.92 Å². The molecule has 0 unspecified atom stereocenters. The first-order valence-corrected chi connectivity index (χ1v) is 5.18. The van der Waals surface area contributed by atoms with Gasteiger partial charge < -0.3 is 10.1 Å². The van der Waals surface area contributed by atoms with Gasteiger partial charge >= 0.3 is 0 Å². The number of halogens is 1. The highest BCUT2D eigenvalue weighted by atomic mass is 79.9. The Hall–Kier alpha value is -1.03. The van der Waals surface area contributed by atoms with Gasteiger partial charge in [-0.2, -0.15) is 4.98 Å². The Kier molecular flexibility index (Phi) is 4.46. The molecule has 4 heteroatoms. The van der Waals surface area contributed by atoms with Crippen LogP contribution in [0.5, 0.6) is 5.88 Å². The van der Waals surface area contributed by atoms with E-state index in [1.807, 2.05) is 25.1 Å². The molecule has 1 aromatic rings. The van der Waals surface area contributed by atoms with Crippen LogP contribution in [-0.2, 0) is 0 Å². The van der Waals surface area contributed by atoms with Gasteiger partial charge in [0.05, 0.1) is 6.61 Å². The Bertz CT molecular complexity index is 315. The fourth-order valence-electron chi connectivity index (χ4n) is 0.928. The molecule has 1 rings (SSSR count). The summed E-state index contributed by atoms with van der Waals surface area (Å²) in [7, 11) is 0. The summed E-state index contributed by atoms with van der Waals surface area (Å²) >= 11 is 3.27. The molecule has 0 amide bonds. The highest BCUT2D eigenvalue weighted by Gasteiger charge is 1.96. The molecule has 0 spiro atoms. The van der Waals surface area contributed by atoms with E-state index in [-0.39, 0.29) is 0 Å². The van der Waals surface area contributed by atoms with E-state index < -0.39 is 0 Å². The predicted molar refractivity (Wildman–Crippen MR) is 62.0 cm³/mol. The van der Waals surface area contributed by atoms with Gasteiger partial charge in [-0.25, -0.2) is 0 Å². The molecule has 1 heterocycles. The number of rotatable bonds is 5. The van der Waals surface area contributed by atoms with Gasteiger partial charge in [0, 0.05) is 17.1 Å². The van der Waals surface area contributed by atoms with Crippen molar-refractivity contribution in [2.24, 2.45) is 0 Å². The lowest BCUT2D eigenvalue weighted by molar-refractivity contribution is 0.327.